The van der Waals surface area contributed by atoms with Gasteiger partial charge in [-0.3, -0.25) is 4.31 Å². The van der Waals surface area contributed by atoms with Crippen LogP contribution in [0.25, 0.3) is 0 Å². The summed E-state index contributed by atoms with van der Waals surface area (Å²) in [5.74, 6) is 0. The molecule has 16 heavy (non-hydrogen) atoms. The van der Waals surface area contributed by atoms with Crippen LogP contribution in [0, 0.1) is 0 Å². The van der Waals surface area contributed by atoms with Gasteiger partial charge in [0, 0.05) is 12.7 Å². The minimum Gasteiger partial charge on any atom is -0.274 e. The van der Waals surface area contributed by atoms with E-state index in [1.807, 2.05) is 12.1 Å². The van der Waals surface area contributed by atoms with Crippen LogP contribution in [0.3, 0.4) is 0 Å². The number of sulfonamides is 1. The highest BCUT2D eigenvalue weighted by Crippen LogP contribution is 2.18. The van der Waals surface area contributed by atoms with E-state index in [4.69, 9.17) is 0 Å². The largest absolute Gasteiger partial charge is 0.274 e. The Kier molecular flexibility index (Phi) is 3.29. The van der Waals surface area contributed by atoms with Gasteiger partial charge in [-0.2, -0.15) is 0 Å². The third-order valence-corrected chi connectivity index (χ3v) is 4.41. The Labute approximate surface area is 96.4 Å². The van der Waals surface area contributed by atoms with E-state index in [-0.39, 0.29) is 0 Å². The van der Waals surface area contributed by atoms with Gasteiger partial charge in [0.05, 0.1) is 4.90 Å². The van der Waals surface area contributed by atoms with Gasteiger partial charge >= 0.3 is 0 Å². The Bertz CT molecular complexity index is 465. The van der Waals surface area contributed by atoms with Gasteiger partial charge in [-0.15, -0.1) is 0 Å². The van der Waals surface area contributed by atoms with Crippen LogP contribution in [0.15, 0.2) is 47.5 Å². The van der Waals surface area contributed by atoms with Crippen LogP contribution in [-0.4, -0.2) is 19.3 Å². The predicted molar refractivity (Wildman–Crippen MR) is 63.3 cm³/mol. The molecule has 0 fully saturated rings. The van der Waals surface area contributed by atoms with Crippen LogP contribution < -0.4 is 0 Å². The van der Waals surface area contributed by atoms with E-state index in [0.717, 1.165) is 19.3 Å². The van der Waals surface area contributed by atoms with Crippen LogP contribution in [0.4, 0.5) is 0 Å². The number of rotatable bonds is 2. The van der Waals surface area contributed by atoms with Crippen LogP contribution in [0.2, 0.25) is 0 Å². The second-order valence-electron chi connectivity index (χ2n) is 3.81. The number of hydrogen-bond donors (Lipinski definition) is 0. The molecular formula is C12H15NO2S. The summed E-state index contributed by atoms with van der Waals surface area (Å²) >= 11 is 0. The van der Waals surface area contributed by atoms with E-state index in [2.05, 4.69) is 0 Å². The fraction of sp³-hybridized carbons (Fsp3) is 0.333. The Hall–Kier alpha value is -1.29. The van der Waals surface area contributed by atoms with Crippen LogP contribution in [0.1, 0.15) is 19.3 Å². The lowest BCUT2D eigenvalue weighted by Gasteiger charge is -2.18. The summed E-state index contributed by atoms with van der Waals surface area (Å²) in [5.41, 5.74) is 0. The molecule has 1 aliphatic heterocycles. The Morgan fingerprint density at radius 3 is 2.56 bits per heavy atom. The standard InChI is InChI=1S/C12H15NO2S/c14-16(15,12-8-4-3-5-9-12)13-10-6-1-2-7-11-13/h3-6,8-10H,1-2,7,11H2. The van der Waals surface area contributed by atoms with Crippen molar-refractivity contribution >= 4 is 10.0 Å². The van der Waals surface area contributed by atoms with Crippen molar-refractivity contribution in [3.63, 3.8) is 0 Å². The normalized spacial score (nSPS) is 17.1. The maximum absolute atomic E-state index is 12.2. The van der Waals surface area contributed by atoms with E-state index in [0.29, 0.717) is 11.4 Å². The molecule has 2 rings (SSSR count). The molecular weight excluding hydrogens is 222 g/mol. The first kappa shape index (κ1) is 11.2. The van der Waals surface area contributed by atoms with Crippen molar-refractivity contribution in [2.24, 2.45) is 0 Å². The van der Waals surface area contributed by atoms with Gasteiger partial charge < -0.3 is 0 Å². The predicted octanol–water partition coefficient (Wildman–Crippen LogP) is 2.37. The highest BCUT2D eigenvalue weighted by Gasteiger charge is 2.21. The molecule has 0 unspecified atom stereocenters. The van der Waals surface area contributed by atoms with Gasteiger partial charge in [-0.05, 0) is 31.4 Å². The fourth-order valence-corrected chi connectivity index (χ4v) is 3.11. The van der Waals surface area contributed by atoms with Gasteiger partial charge in [-0.25, -0.2) is 8.42 Å². The van der Waals surface area contributed by atoms with Crippen molar-refractivity contribution in [2.45, 2.75) is 24.2 Å². The first-order valence-electron chi connectivity index (χ1n) is 5.45. The minimum atomic E-state index is -3.34. The Morgan fingerprint density at radius 2 is 1.81 bits per heavy atom. The molecule has 1 aromatic rings. The van der Waals surface area contributed by atoms with Gasteiger partial charge in [0.25, 0.3) is 10.0 Å². The van der Waals surface area contributed by atoms with Crippen LogP contribution in [-0.2, 0) is 10.0 Å². The summed E-state index contributed by atoms with van der Waals surface area (Å²) in [5, 5.41) is 0. The fourth-order valence-electron chi connectivity index (χ4n) is 1.72. The van der Waals surface area contributed by atoms with Crippen LogP contribution in [0.5, 0.6) is 0 Å². The second-order valence-corrected chi connectivity index (χ2v) is 5.70. The van der Waals surface area contributed by atoms with Crippen molar-refractivity contribution in [3.05, 3.63) is 42.6 Å². The third-order valence-electron chi connectivity index (χ3n) is 2.62. The molecule has 0 aromatic heterocycles. The molecule has 0 atom stereocenters. The number of hydrogen-bond acceptors (Lipinski definition) is 2. The smallest absolute Gasteiger partial charge is 0.263 e. The summed E-state index contributed by atoms with van der Waals surface area (Å²) in [6.45, 7) is 0.577. The van der Waals surface area contributed by atoms with Gasteiger partial charge in [0.2, 0.25) is 0 Å². The average molecular weight is 237 g/mol. The second kappa shape index (κ2) is 4.70. The maximum Gasteiger partial charge on any atom is 0.263 e. The molecule has 0 aliphatic carbocycles. The summed E-state index contributed by atoms with van der Waals surface area (Å²) in [4.78, 5) is 0.363. The number of nitrogens with zero attached hydrogens (tertiary/aromatic N) is 1. The van der Waals surface area contributed by atoms with E-state index in [9.17, 15) is 8.42 Å². The maximum atomic E-state index is 12.2. The van der Waals surface area contributed by atoms with E-state index < -0.39 is 10.0 Å². The van der Waals surface area contributed by atoms with Gasteiger partial charge in [0.15, 0.2) is 0 Å². The minimum absolute atomic E-state index is 0.363. The molecule has 0 saturated heterocycles. The first-order valence-corrected chi connectivity index (χ1v) is 6.89. The molecule has 0 radical (unpaired) electrons. The molecule has 0 spiro atoms. The topological polar surface area (TPSA) is 37.4 Å². The molecule has 1 aromatic carbocycles. The molecule has 3 nitrogen and oxygen atoms in total. The van der Waals surface area contributed by atoms with Crippen molar-refractivity contribution < 1.29 is 8.42 Å². The van der Waals surface area contributed by atoms with E-state index in [1.165, 1.54) is 4.31 Å². The Balaban J connectivity index is 2.31. The lowest BCUT2D eigenvalue weighted by atomic mass is 10.2. The molecule has 0 amide bonds. The van der Waals surface area contributed by atoms with Gasteiger partial charge in [-0.1, -0.05) is 24.3 Å². The zero-order valence-corrected chi connectivity index (χ0v) is 9.86. The summed E-state index contributed by atoms with van der Waals surface area (Å²) in [6, 6.07) is 8.57. The summed E-state index contributed by atoms with van der Waals surface area (Å²) in [7, 11) is -3.34. The molecule has 4 heteroatoms. The highest BCUT2D eigenvalue weighted by molar-refractivity contribution is 7.89. The zero-order valence-electron chi connectivity index (χ0n) is 9.04. The summed E-state index contributed by atoms with van der Waals surface area (Å²) < 4.78 is 25.9. The highest BCUT2D eigenvalue weighted by atomic mass is 32.2. The van der Waals surface area contributed by atoms with E-state index in [1.54, 1.807) is 30.5 Å². The van der Waals surface area contributed by atoms with Crippen molar-refractivity contribution in [3.8, 4) is 0 Å². The lowest BCUT2D eigenvalue weighted by Crippen LogP contribution is -2.26. The van der Waals surface area contributed by atoms with Crippen LogP contribution >= 0.6 is 0 Å². The number of allylic oxidation sites excluding steroid dienone is 1. The quantitative estimate of drug-likeness (QED) is 0.792. The average Bonchev–Trinajstić information content (AvgIpc) is 2.59. The molecule has 0 saturated carbocycles. The van der Waals surface area contributed by atoms with E-state index >= 15 is 0 Å². The monoisotopic (exact) mass is 237 g/mol. The third kappa shape index (κ3) is 2.27. The molecule has 0 N–H and O–H groups in total. The summed E-state index contributed by atoms with van der Waals surface area (Å²) in [6.07, 6.45) is 6.54. The lowest BCUT2D eigenvalue weighted by molar-refractivity contribution is 0.492. The number of benzene rings is 1. The molecule has 86 valence electrons. The van der Waals surface area contributed by atoms with Gasteiger partial charge in [0.1, 0.15) is 0 Å². The Morgan fingerprint density at radius 1 is 1.06 bits per heavy atom. The molecule has 1 aliphatic rings. The molecule has 1 heterocycles. The zero-order chi connectivity index (χ0) is 11.4. The van der Waals surface area contributed by atoms with Crippen molar-refractivity contribution in [2.75, 3.05) is 6.54 Å². The first-order chi connectivity index (χ1) is 7.71. The van der Waals surface area contributed by atoms with Crippen molar-refractivity contribution in [1.82, 2.24) is 4.31 Å². The molecule has 0 bridgehead atoms. The van der Waals surface area contributed by atoms with Crippen molar-refractivity contribution in [1.29, 1.82) is 0 Å². The SMILES string of the molecule is O=S(=O)(c1ccccc1)N1C=CCCCC1.